The van der Waals surface area contributed by atoms with E-state index in [0.29, 0.717) is 24.9 Å². The Kier molecular flexibility index (Phi) is 14.4. The van der Waals surface area contributed by atoms with Gasteiger partial charge in [-0.3, -0.25) is 9.79 Å². The maximum Gasteiger partial charge on any atom is 0.227 e. The number of nitrogens with zero attached hydrogens (tertiary/aromatic N) is 2. The molecular formula is C32H50N3OP. The summed E-state index contributed by atoms with van der Waals surface area (Å²) in [6.07, 6.45) is 9.89. The average Bonchev–Trinajstić information content (AvgIpc) is 2.84. The molecule has 5 heteroatoms. The Hall–Kier alpha value is -2.45. The van der Waals surface area contributed by atoms with E-state index >= 15 is 0 Å². The molecule has 0 fully saturated rings. The largest absolute Gasteiger partial charge is 0.361 e. The van der Waals surface area contributed by atoms with Crippen LogP contribution >= 0.6 is 9.39 Å². The van der Waals surface area contributed by atoms with Gasteiger partial charge in [-0.2, -0.15) is 0 Å². The maximum absolute atomic E-state index is 13.4. The molecule has 1 unspecified atom stereocenters. The van der Waals surface area contributed by atoms with Crippen molar-refractivity contribution in [2.45, 2.75) is 87.6 Å². The lowest BCUT2D eigenvalue weighted by Gasteiger charge is -2.31. The summed E-state index contributed by atoms with van der Waals surface area (Å²) in [6.45, 7) is 18.6. The van der Waals surface area contributed by atoms with Crippen molar-refractivity contribution in [3.05, 3.63) is 65.2 Å². The Labute approximate surface area is 229 Å². The van der Waals surface area contributed by atoms with E-state index in [4.69, 9.17) is 0 Å². The summed E-state index contributed by atoms with van der Waals surface area (Å²) in [5.74, 6) is 0.149. The lowest BCUT2D eigenvalue weighted by molar-refractivity contribution is -0.120. The summed E-state index contributed by atoms with van der Waals surface area (Å²) >= 11 is 0. The van der Waals surface area contributed by atoms with Crippen molar-refractivity contribution in [3.63, 3.8) is 0 Å². The first-order valence-electron chi connectivity index (χ1n) is 13.7. The number of amides is 1. The summed E-state index contributed by atoms with van der Waals surface area (Å²) < 4.78 is 0. The number of rotatable bonds is 7. The SMILES string of the molecule is CC.CC(C)(CCN=CNP)CC(=O)N1Cc2ccccc2/C=C\c2ccccc21.CCCC(C)(C)C. The second-order valence-electron chi connectivity index (χ2n) is 11.2. The molecule has 1 atom stereocenters. The van der Waals surface area contributed by atoms with Crippen LogP contribution in [0.3, 0.4) is 0 Å². The summed E-state index contributed by atoms with van der Waals surface area (Å²) in [5.41, 5.74) is 4.79. The Morgan fingerprint density at radius 1 is 0.973 bits per heavy atom. The Morgan fingerprint density at radius 2 is 1.57 bits per heavy atom. The number of aliphatic imine (C=N–C) groups is 1. The molecule has 4 nitrogen and oxygen atoms in total. The summed E-state index contributed by atoms with van der Waals surface area (Å²) in [5, 5.41) is 2.82. The minimum Gasteiger partial charge on any atom is -0.361 e. The fraction of sp³-hybridized carbons (Fsp3) is 0.500. The Bertz CT molecular complexity index is 1010. The van der Waals surface area contributed by atoms with Crippen LogP contribution in [0.5, 0.6) is 0 Å². The molecule has 0 saturated carbocycles. The van der Waals surface area contributed by atoms with Crippen molar-refractivity contribution in [1.29, 1.82) is 0 Å². The summed E-state index contributed by atoms with van der Waals surface area (Å²) in [4.78, 5) is 19.6. The van der Waals surface area contributed by atoms with Gasteiger partial charge in [0.15, 0.2) is 0 Å². The highest BCUT2D eigenvalue weighted by molar-refractivity contribution is 7.14. The molecule has 0 bridgehead atoms. The lowest BCUT2D eigenvalue weighted by Crippen LogP contribution is -2.35. The van der Waals surface area contributed by atoms with E-state index < -0.39 is 0 Å². The highest BCUT2D eigenvalue weighted by atomic mass is 31.0. The highest BCUT2D eigenvalue weighted by Gasteiger charge is 2.27. The Morgan fingerprint density at radius 3 is 2.16 bits per heavy atom. The van der Waals surface area contributed by atoms with Crippen LogP contribution < -0.4 is 9.99 Å². The zero-order valence-corrected chi connectivity index (χ0v) is 25.6. The van der Waals surface area contributed by atoms with Crippen molar-refractivity contribution in [3.8, 4) is 0 Å². The van der Waals surface area contributed by atoms with E-state index in [2.05, 4.69) is 91.4 Å². The van der Waals surface area contributed by atoms with Crippen molar-refractivity contribution in [1.82, 2.24) is 5.09 Å². The fourth-order valence-corrected chi connectivity index (χ4v) is 4.31. The second-order valence-corrected chi connectivity index (χ2v) is 11.5. The van der Waals surface area contributed by atoms with Gasteiger partial charge < -0.3 is 9.99 Å². The predicted molar refractivity (Wildman–Crippen MR) is 168 cm³/mol. The molecule has 0 aliphatic carbocycles. The van der Waals surface area contributed by atoms with Crippen LogP contribution in [0, 0.1) is 10.8 Å². The maximum atomic E-state index is 13.4. The third-order valence-electron chi connectivity index (χ3n) is 6.07. The molecule has 37 heavy (non-hydrogen) atoms. The van der Waals surface area contributed by atoms with Crippen LogP contribution in [0.15, 0.2) is 53.5 Å². The normalized spacial score (nSPS) is 13.6. The van der Waals surface area contributed by atoms with Crippen molar-refractivity contribution in [2.24, 2.45) is 15.8 Å². The standard InChI is InChI=1S/C23H28N3OP.C7H16.C2H6/c1-23(2,13-14-24-17-25-28)15-22(27)26-16-20-9-4-3-7-18(20)11-12-19-8-5-6-10-21(19)26;1-5-6-7(2,3)4;1-2/h3-12,17H,13-16,28H2,1-2H3,(H,24,25);5-6H2,1-4H3;1-2H3/b12-11-;;. The topological polar surface area (TPSA) is 44.7 Å². The third-order valence-corrected chi connectivity index (χ3v) is 6.22. The van der Waals surface area contributed by atoms with Gasteiger partial charge in [0.1, 0.15) is 0 Å². The second kappa shape index (κ2) is 16.4. The molecule has 0 aromatic heterocycles. The number of anilines is 1. The van der Waals surface area contributed by atoms with Crippen LogP contribution in [-0.2, 0) is 11.3 Å². The number of hydrogen-bond acceptors (Lipinski definition) is 2. The minimum atomic E-state index is -0.123. The number of carbonyl (C=O) groups excluding carboxylic acids is 1. The molecule has 1 aliphatic rings. The van der Waals surface area contributed by atoms with E-state index in [1.807, 2.05) is 49.1 Å². The first-order valence-corrected chi connectivity index (χ1v) is 14.2. The molecule has 0 spiro atoms. The van der Waals surface area contributed by atoms with Crippen LogP contribution in [-0.4, -0.2) is 18.8 Å². The molecule has 3 rings (SSSR count). The smallest absolute Gasteiger partial charge is 0.227 e. The number of carbonyl (C=O) groups is 1. The van der Waals surface area contributed by atoms with Gasteiger partial charge in [-0.1, -0.05) is 116 Å². The number of para-hydroxylation sites is 1. The van der Waals surface area contributed by atoms with Gasteiger partial charge >= 0.3 is 0 Å². The van der Waals surface area contributed by atoms with Gasteiger partial charge in [-0.05, 0) is 55.8 Å². The zero-order chi connectivity index (χ0) is 27.9. The van der Waals surface area contributed by atoms with Gasteiger partial charge in [0.2, 0.25) is 5.91 Å². The predicted octanol–water partition coefficient (Wildman–Crippen LogP) is 8.78. The molecule has 1 heterocycles. The van der Waals surface area contributed by atoms with Gasteiger partial charge in [0.05, 0.1) is 18.6 Å². The van der Waals surface area contributed by atoms with Gasteiger partial charge in [-0.25, -0.2) is 0 Å². The zero-order valence-electron chi connectivity index (χ0n) is 24.5. The first-order chi connectivity index (χ1) is 17.6. The van der Waals surface area contributed by atoms with Crippen molar-refractivity contribution in [2.75, 3.05) is 11.4 Å². The van der Waals surface area contributed by atoms with Crippen LogP contribution in [0.1, 0.15) is 97.8 Å². The number of nitrogens with one attached hydrogen (secondary N) is 1. The molecule has 1 amide bonds. The van der Waals surface area contributed by atoms with Gasteiger partial charge in [-0.15, -0.1) is 0 Å². The lowest BCUT2D eigenvalue weighted by atomic mass is 9.85. The van der Waals surface area contributed by atoms with Crippen molar-refractivity contribution >= 4 is 39.5 Å². The molecule has 1 aliphatic heterocycles. The molecule has 2 aromatic rings. The number of fused-ring (bicyclic) bond motifs is 2. The van der Waals surface area contributed by atoms with Crippen molar-refractivity contribution < 1.29 is 4.79 Å². The molecule has 1 N–H and O–H groups in total. The van der Waals surface area contributed by atoms with Crippen LogP contribution in [0.25, 0.3) is 12.2 Å². The average molecular weight is 524 g/mol. The molecule has 2 aromatic carbocycles. The summed E-state index contributed by atoms with van der Waals surface area (Å²) in [7, 11) is 2.40. The Balaban J connectivity index is 0.000000659. The van der Waals surface area contributed by atoms with E-state index in [0.717, 1.165) is 28.8 Å². The third kappa shape index (κ3) is 12.1. The molecule has 204 valence electrons. The van der Waals surface area contributed by atoms with E-state index in [1.165, 1.54) is 12.8 Å². The highest BCUT2D eigenvalue weighted by Crippen LogP contribution is 2.32. The number of hydrogen-bond donors (Lipinski definition) is 1. The quantitative estimate of drug-likeness (QED) is 0.224. The van der Waals surface area contributed by atoms with Crippen LogP contribution in [0.2, 0.25) is 0 Å². The van der Waals surface area contributed by atoms with E-state index in [9.17, 15) is 4.79 Å². The molecule has 0 radical (unpaired) electrons. The van der Waals surface area contributed by atoms with Gasteiger partial charge in [0, 0.05) is 13.0 Å². The van der Waals surface area contributed by atoms with E-state index in [-0.39, 0.29) is 11.3 Å². The molecular weight excluding hydrogens is 473 g/mol. The van der Waals surface area contributed by atoms with Gasteiger partial charge in [0.25, 0.3) is 0 Å². The molecule has 0 saturated heterocycles. The fourth-order valence-electron chi connectivity index (χ4n) is 4.20. The van der Waals surface area contributed by atoms with Crippen LogP contribution in [0.4, 0.5) is 5.69 Å². The van der Waals surface area contributed by atoms with E-state index in [1.54, 1.807) is 6.34 Å². The monoisotopic (exact) mass is 523 g/mol. The summed E-state index contributed by atoms with van der Waals surface area (Å²) in [6, 6.07) is 16.4. The number of benzene rings is 2. The minimum absolute atomic E-state index is 0.123. The first kappa shape index (κ1) is 32.6.